The largest absolute Gasteiger partial charge is 0.465 e. The van der Waals surface area contributed by atoms with Crippen LogP contribution in [-0.2, 0) is 42.6 Å². The highest BCUT2D eigenvalue weighted by molar-refractivity contribution is 5.97. The van der Waals surface area contributed by atoms with Crippen LogP contribution in [0.15, 0.2) is 127 Å². The molecule has 57 heavy (non-hydrogen) atoms. The predicted octanol–water partition coefficient (Wildman–Crippen LogP) is 6.73. The smallest absolute Gasteiger partial charge is 0.337 e. The van der Waals surface area contributed by atoms with Crippen LogP contribution in [0.25, 0.3) is 11.0 Å². The molecule has 5 aromatic carbocycles. The Labute approximate surface area is 334 Å². The summed E-state index contributed by atoms with van der Waals surface area (Å²) in [4.78, 5) is 35.7. The van der Waals surface area contributed by atoms with Gasteiger partial charge in [-0.3, -0.25) is 15.1 Å². The summed E-state index contributed by atoms with van der Waals surface area (Å²) in [6.07, 6.45) is 3.46. The fourth-order valence-electron chi connectivity index (χ4n) is 8.08. The third kappa shape index (κ3) is 9.14. The van der Waals surface area contributed by atoms with Crippen LogP contribution >= 0.6 is 0 Å². The number of likely N-dealkylation sites (tertiary alicyclic amines) is 1. The molecule has 0 aliphatic carbocycles. The van der Waals surface area contributed by atoms with E-state index in [9.17, 15) is 9.59 Å². The van der Waals surface area contributed by atoms with Gasteiger partial charge in [0, 0.05) is 55.7 Å². The molecule has 0 spiro atoms. The number of carbonyl (C=O) groups is 2. The van der Waals surface area contributed by atoms with Crippen molar-refractivity contribution in [1.82, 2.24) is 19.4 Å². The van der Waals surface area contributed by atoms with Gasteiger partial charge < -0.3 is 25.7 Å². The van der Waals surface area contributed by atoms with Gasteiger partial charge in [-0.25, -0.2) is 9.78 Å². The summed E-state index contributed by atoms with van der Waals surface area (Å²) in [6.45, 7) is 4.69. The van der Waals surface area contributed by atoms with Gasteiger partial charge in [0.25, 0.3) is 5.91 Å². The van der Waals surface area contributed by atoms with Gasteiger partial charge in [0.15, 0.2) is 0 Å². The van der Waals surface area contributed by atoms with Crippen molar-refractivity contribution in [3.63, 3.8) is 0 Å². The van der Waals surface area contributed by atoms with E-state index < -0.39 is 5.97 Å². The lowest BCUT2D eigenvalue weighted by Crippen LogP contribution is -2.44. The number of aryl methyl sites for hydroxylation is 2. The quantitative estimate of drug-likeness (QED) is 0.0599. The minimum Gasteiger partial charge on any atom is -0.465 e. The van der Waals surface area contributed by atoms with Gasteiger partial charge in [0.1, 0.15) is 11.7 Å². The summed E-state index contributed by atoms with van der Waals surface area (Å²) in [6, 6.07) is 42.4. The molecule has 1 saturated heterocycles. The number of esters is 1. The maximum Gasteiger partial charge on any atom is 0.337 e. The van der Waals surface area contributed by atoms with E-state index >= 15 is 0 Å². The number of nitrogen functional groups attached to an aromatic ring is 1. The topological polar surface area (TPSA) is 144 Å². The molecule has 7 rings (SSSR count). The molecule has 2 heterocycles. The lowest BCUT2D eigenvalue weighted by atomic mass is 9.72. The van der Waals surface area contributed by atoms with Crippen LogP contribution < -0.4 is 11.5 Å². The molecule has 1 amide bonds. The second-order valence-corrected chi connectivity index (χ2v) is 15.0. The van der Waals surface area contributed by atoms with E-state index in [-0.39, 0.29) is 17.2 Å². The second kappa shape index (κ2) is 17.8. The maximum atomic E-state index is 14.1. The number of ether oxygens (including phenoxy) is 1. The predicted molar refractivity (Wildman–Crippen MR) is 225 cm³/mol. The van der Waals surface area contributed by atoms with E-state index in [1.807, 2.05) is 48.5 Å². The molecule has 0 radical (unpaired) electrons. The summed E-state index contributed by atoms with van der Waals surface area (Å²) < 4.78 is 7.24. The Morgan fingerprint density at radius 3 is 2.07 bits per heavy atom. The lowest BCUT2D eigenvalue weighted by Gasteiger charge is -2.43. The van der Waals surface area contributed by atoms with Crippen LogP contribution in [0, 0.1) is 5.41 Å². The van der Waals surface area contributed by atoms with E-state index in [4.69, 9.17) is 26.6 Å². The Morgan fingerprint density at radius 2 is 1.42 bits per heavy atom. The van der Waals surface area contributed by atoms with E-state index in [0.717, 1.165) is 73.4 Å². The number of methoxy groups -OCH3 is 1. The second-order valence-electron chi connectivity index (χ2n) is 15.0. The van der Waals surface area contributed by atoms with Gasteiger partial charge in [-0.1, -0.05) is 97.1 Å². The standard InChI is InChI=1S/C47H51N7O3/c1-57-46(56)38-19-14-36(15-20-38)32-53(29-26-48)45(55)39-21-22-42-41(30-39)51-43(23-16-34-12-17-37(18-13-34)44(49)50)54(42)33-47(40-10-6-3-7-11-40)24-27-52(28-25-47)31-35-8-4-2-5-9-35/h2-15,17-22,30H,16,23-29,31-33,48H2,1H3,(H3,49,50). The fraction of sp³-hybridized carbons (Fsp3) is 0.277. The van der Waals surface area contributed by atoms with Gasteiger partial charge in [0.2, 0.25) is 0 Å². The van der Waals surface area contributed by atoms with Crippen molar-refractivity contribution in [3.05, 3.63) is 172 Å². The minimum absolute atomic E-state index is 0.0521. The minimum atomic E-state index is -0.405. The first kappa shape index (κ1) is 39.1. The number of rotatable bonds is 15. The van der Waals surface area contributed by atoms with Crippen LogP contribution in [0.1, 0.15) is 67.2 Å². The monoisotopic (exact) mass is 761 g/mol. The number of imidazole rings is 1. The molecule has 1 aliphatic heterocycles. The number of aromatic nitrogens is 2. The third-order valence-electron chi connectivity index (χ3n) is 11.3. The van der Waals surface area contributed by atoms with Crippen LogP contribution in [0.2, 0.25) is 0 Å². The number of nitrogens with zero attached hydrogens (tertiary/aromatic N) is 4. The van der Waals surface area contributed by atoms with E-state index in [1.54, 1.807) is 17.0 Å². The molecule has 5 N–H and O–H groups in total. The first-order valence-electron chi connectivity index (χ1n) is 19.7. The Kier molecular flexibility index (Phi) is 12.2. The van der Waals surface area contributed by atoms with Crippen molar-refractivity contribution < 1.29 is 14.3 Å². The maximum absolute atomic E-state index is 14.1. The lowest BCUT2D eigenvalue weighted by molar-refractivity contribution is 0.0600. The van der Waals surface area contributed by atoms with Crippen molar-refractivity contribution in [1.29, 1.82) is 5.41 Å². The van der Waals surface area contributed by atoms with Gasteiger partial charge in [-0.2, -0.15) is 0 Å². The summed E-state index contributed by atoms with van der Waals surface area (Å²) in [5.74, 6) is 0.484. The fourth-order valence-corrected chi connectivity index (χ4v) is 8.08. The number of nitrogens with one attached hydrogen (secondary N) is 1. The molecule has 0 bridgehead atoms. The van der Waals surface area contributed by atoms with Crippen molar-refractivity contribution in [2.75, 3.05) is 33.3 Å². The first-order chi connectivity index (χ1) is 27.7. The number of amidine groups is 1. The molecule has 1 fully saturated rings. The SMILES string of the molecule is COC(=O)c1ccc(CN(CCN)C(=O)c2ccc3c(c2)nc(CCc2ccc(C(=N)N)cc2)n3CC2(c3ccccc3)CCN(Cc3ccccc3)CC2)cc1. The van der Waals surface area contributed by atoms with Gasteiger partial charge >= 0.3 is 5.97 Å². The van der Waals surface area contributed by atoms with Crippen molar-refractivity contribution in [2.45, 2.75) is 50.7 Å². The van der Waals surface area contributed by atoms with E-state index in [1.165, 1.54) is 18.2 Å². The Morgan fingerprint density at radius 1 is 0.789 bits per heavy atom. The number of carbonyl (C=O) groups excluding carboxylic acids is 2. The van der Waals surface area contributed by atoms with E-state index in [2.05, 4.69) is 76.2 Å². The molecular weight excluding hydrogens is 711 g/mol. The van der Waals surface area contributed by atoms with Gasteiger partial charge in [-0.15, -0.1) is 0 Å². The normalized spacial score (nSPS) is 14.0. The number of piperidine rings is 1. The number of fused-ring (bicyclic) bond motifs is 1. The number of benzene rings is 5. The highest BCUT2D eigenvalue weighted by atomic mass is 16.5. The summed E-state index contributed by atoms with van der Waals surface area (Å²) in [5.41, 5.74) is 19.8. The number of hydrogen-bond acceptors (Lipinski definition) is 7. The molecule has 10 nitrogen and oxygen atoms in total. The number of amides is 1. The third-order valence-corrected chi connectivity index (χ3v) is 11.3. The molecule has 0 unspecified atom stereocenters. The highest BCUT2D eigenvalue weighted by Crippen LogP contribution is 2.39. The first-order valence-corrected chi connectivity index (χ1v) is 19.7. The van der Waals surface area contributed by atoms with Crippen LogP contribution in [0.4, 0.5) is 0 Å². The zero-order valence-corrected chi connectivity index (χ0v) is 32.6. The van der Waals surface area contributed by atoms with Gasteiger partial charge in [0.05, 0.1) is 23.7 Å². The zero-order valence-electron chi connectivity index (χ0n) is 32.6. The highest BCUT2D eigenvalue weighted by Gasteiger charge is 2.37. The summed E-state index contributed by atoms with van der Waals surface area (Å²) in [7, 11) is 1.36. The zero-order chi connectivity index (χ0) is 39.8. The molecule has 0 saturated carbocycles. The summed E-state index contributed by atoms with van der Waals surface area (Å²) in [5, 5.41) is 7.81. The molecule has 1 aromatic heterocycles. The van der Waals surface area contributed by atoms with Crippen molar-refractivity contribution in [2.24, 2.45) is 11.5 Å². The van der Waals surface area contributed by atoms with Crippen molar-refractivity contribution >= 4 is 28.7 Å². The molecule has 6 aromatic rings. The van der Waals surface area contributed by atoms with Crippen LogP contribution in [0.5, 0.6) is 0 Å². The Balaban J connectivity index is 1.20. The average Bonchev–Trinajstić information content (AvgIpc) is 3.59. The van der Waals surface area contributed by atoms with Gasteiger partial charge in [-0.05, 0) is 84.9 Å². The average molecular weight is 762 g/mol. The molecule has 1 aliphatic rings. The molecule has 10 heteroatoms. The number of nitrogens with two attached hydrogens (primary N) is 2. The molecular formula is C47H51N7O3. The Bertz CT molecular complexity index is 2300. The van der Waals surface area contributed by atoms with Crippen LogP contribution in [0.3, 0.4) is 0 Å². The number of hydrogen-bond donors (Lipinski definition) is 3. The Hall–Kier alpha value is -6.10. The van der Waals surface area contributed by atoms with Crippen LogP contribution in [-0.4, -0.2) is 70.4 Å². The molecule has 292 valence electrons. The van der Waals surface area contributed by atoms with Crippen molar-refractivity contribution in [3.8, 4) is 0 Å². The van der Waals surface area contributed by atoms with E-state index in [0.29, 0.717) is 42.7 Å². The molecule has 0 atom stereocenters. The summed E-state index contributed by atoms with van der Waals surface area (Å²) >= 11 is 0.